The number of hydrogen-bond donors (Lipinski definition) is 2. The summed E-state index contributed by atoms with van der Waals surface area (Å²) in [5.41, 5.74) is -5.25. The van der Waals surface area contributed by atoms with E-state index in [9.17, 15) is 21.6 Å². The van der Waals surface area contributed by atoms with E-state index in [4.69, 9.17) is 0 Å². The molecule has 0 bridgehead atoms. The SMILES string of the molecule is CN=C(NCc1ncc(C)s1)NC1CCN(S(=O)(=O)C(F)(F)F)CC1.I. The molecule has 0 radical (unpaired) electrons. The van der Waals surface area contributed by atoms with E-state index in [2.05, 4.69) is 20.6 Å². The Labute approximate surface area is 171 Å². The average Bonchev–Trinajstić information content (AvgIpc) is 2.96. The number of thiazole rings is 1. The zero-order valence-corrected chi connectivity index (χ0v) is 18.2. The number of sulfonamides is 1. The maximum absolute atomic E-state index is 12.6. The van der Waals surface area contributed by atoms with E-state index < -0.39 is 15.5 Å². The minimum absolute atomic E-state index is 0. The lowest BCUT2D eigenvalue weighted by Crippen LogP contribution is -2.51. The van der Waals surface area contributed by atoms with Crippen molar-refractivity contribution in [2.45, 2.75) is 37.9 Å². The van der Waals surface area contributed by atoms with Crippen molar-refractivity contribution in [2.75, 3.05) is 20.1 Å². The summed E-state index contributed by atoms with van der Waals surface area (Å²) in [6.45, 7) is 2.08. The van der Waals surface area contributed by atoms with Crippen molar-refractivity contribution < 1.29 is 21.6 Å². The Kier molecular flexibility index (Phi) is 8.54. The van der Waals surface area contributed by atoms with E-state index in [0.29, 0.717) is 16.8 Å². The first-order chi connectivity index (χ1) is 11.6. The quantitative estimate of drug-likeness (QED) is 0.356. The molecular weight excluding hydrogens is 506 g/mol. The fourth-order valence-corrected chi connectivity index (χ4v) is 4.13. The summed E-state index contributed by atoms with van der Waals surface area (Å²) in [5.74, 6) is 0.505. The summed E-state index contributed by atoms with van der Waals surface area (Å²) in [6.07, 6.45) is 2.31. The Morgan fingerprint density at radius 2 is 2.04 bits per heavy atom. The fraction of sp³-hybridized carbons (Fsp3) is 0.692. The van der Waals surface area contributed by atoms with Crippen molar-refractivity contribution in [3.8, 4) is 0 Å². The molecule has 1 aliphatic rings. The highest BCUT2D eigenvalue weighted by Gasteiger charge is 2.50. The number of nitrogens with zero attached hydrogens (tertiary/aromatic N) is 3. The van der Waals surface area contributed by atoms with Crippen molar-refractivity contribution >= 4 is 51.3 Å². The second-order valence-corrected chi connectivity index (χ2v) is 8.81. The highest BCUT2D eigenvalue weighted by atomic mass is 127. The van der Waals surface area contributed by atoms with Gasteiger partial charge in [0, 0.05) is 37.3 Å². The van der Waals surface area contributed by atoms with Gasteiger partial charge in [-0.25, -0.2) is 13.4 Å². The molecule has 0 atom stereocenters. The number of aryl methyl sites for hydroxylation is 1. The third-order valence-corrected chi connectivity index (χ3v) is 6.27. The Morgan fingerprint density at radius 3 is 2.50 bits per heavy atom. The lowest BCUT2D eigenvalue weighted by molar-refractivity contribution is -0.0494. The largest absolute Gasteiger partial charge is 0.511 e. The second-order valence-electron chi connectivity index (χ2n) is 5.56. The molecule has 1 saturated heterocycles. The third kappa shape index (κ3) is 5.92. The number of rotatable bonds is 4. The number of hydrogen-bond acceptors (Lipinski definition) is 5. The molecule has 2 N–H and O–H groups in total. The van der Waals surface area contributed by atoms with Crippen LogP contribution in [0.5, 0.6) is 0 Å². The lowest BCUT2D eigenvalue weighted by Gasteiger charge is -2.32. The van der Waals surface area contributed by atoms with E-state index in [-0.39, 0.29) is 55.9 Å². The van der Waals surface area contributed by atoms with Crippen LogP contribution < -0.4 is 10.6 Å². The number of alkyl halides is 3. The summed E-state index contributed by atoms with van der Waals surface area (Å²) >= 11 is 1.56. The van der Waals surface area contributed by atoms with E-state index in [0.717, 1.165) is 9.88 Å². The van der Waals surface area contributed by atoms with E-state index >= 15 is 0 Å². The highest BCUT2D eigenvalue weighted by molar-refractivity contribution is 14.0. The molecule has 1 aromatic heterocycles. The molecule has 0 spiro atoms. The van der Waals surface area contributed by atoms with Crippen LogP contribution in [0.2, 0.25) is 0 Å². The minimum atomic E-state index is -5.25. The van der Waals surface area contributed by atoms with Crippen LogP contribution in [0, 0.1) is 6.92 Å². The van der Waals surface area contributed by atoms with Crippen molar-refractivity contribution in [3.05, 3.63) is 16.1 Å². The van der Waals surface area contributed by atoms with Crippen molar-refractivity contribution in [2.24, 2.45) is 4.99 Å². The monoisotopic (exact) mass is 527 g/mol. The van der Waals surface area contributed by atoms with Crippen LogP contribution in [-0.2, 0) is 16.6 Å². The summed E-state index contributed by atoms with van der Waals surface area (Å²) in [6, 6.07) is -0.149. The normalized spacial score (nSPS) is 17.7. The van der Waals surface area contributed by atoms with Gasteiger partial charge >= 0.3 is 15.5 Å². The number of guanidine groups is 1. The molecule has 0 saturated carbocycles. The maximum Gasteiger partial charge on any atom is 0.511 e. The lowest BCUT2D eigenvalue weighted by atomic mass is 10.1. The van der Waals surface area contributed by atoms with Gasteiger partial charge in [0.15, 0.2) is 5.96 Å². The number of aromatic nitrogens is 1. The second kappa shape index (κ2) is 9.50. The first-order valence-corrected chi connectivity index (χ1v) is 9.84. The number of piperidine rings is 1. The Morgan fingerprint density at radius 1 is 1.42 bits per heavy atom. The van der Waals surface area contributed by atoms with Crippen LogP contribution in [0.25, 0.3) is 0 Å². The van der Waals surface area contributed by atoms with E-state index in [1.165, 1.54) is 0 Å². The van der Waals surface area contributed by atoms with Gasteiger partial charge in [0.1, 0.15) is 5.01 Å². The Hall–Kier alpha value is -0.670. The third-order valence-electron chi connectivity index (χ3n) is 3.73. The molecule has 13 heteroatoms. The Bertz CT molecular complexity index is 716. The highest BCUT2D eigenvalue weighted by Crippen LogP contribution is 2.28. The van der Waals surface area contributed by atoms with Crippen LogP contribution in [0.1, 0.15) is 22.7 Å². The Balaban J connectivity index is 0.00000338. The molecule has 150 valence electrons. The fourth-order valence-electron chi connectivity index (χ4n) is 2.42. The van der Waals surface area contributed by atoms with Gasteiger partial charge in [-0.3, -0.25) is 4.99 Å². The summed E-state index contributed by atoms with van der Waals surface area (Å²) in [4.78, 5) is 9.39. The maximum atomic E-state index is 12.6. The minimum Gasteiger partial charge on any atom is -0.354 e. The van der Waals surface area contributed by atoms with Crippen molar-refractivity contribution in [1.82, 2.24) is 19.9 Å². The standard InChI is InChI=1S/C13H20F3N5O2S2.HI/c1-9-7-18-11(24-9)8-19-12(17-2)20-10-3-5-21(6-4-10)25(22,23)13(14,15)16;/h7,10H,3-6,8H2,1-2H3,(H2,17,19,20);1H. The molecule has 2 rings (SSSR count). The predicted octanol–water partition coefficient (Wildman–Crippen LogP) is 2.05. The molecule has 7 nitrogen and oxygen atoms in total. The average molecular weight is 527 g/mol. The zero-order valence-electron chi connectivity index (χ0n) is 14.2. The molecule has 26 heavy (non-hydrogen) atoms. The summed E-state index contributed by atoms with van der Waals surface area (Å²) in [5, 5.41) is 7.09. The first kappa shape index (κ1) is 23.4. The van der Waals surface area contributed by atoms with Crippen molar-refractivity contribution in [1.29, 1.82) is 0 Å². The predicted molar refractivity (Wildman–Crippen MR) is 105 cm³/mol. The number of aliphatic imine (C=N–C) groups is 1. The number of halogens is 4. The molecule has 1 aliphatic heterocycles. The van der Waals surface area contributed by atoms with Gasteiger partial charge in [0.25, 0.3) is 0 Å². The molecule has 1 fully saturated rings. The van der Waals surface area contributed by atoms with Crippen molar-refractivity contribution in [3.63, 3.8) is 0 Å². The van der Waals surface area contributed by atoms with Gasteiger partial charge in [0.2, 0.25) is 0 Å². The zero-order chi connectivity index (χ0) is 18.7. The van der Waals surface area contributed by atoms with E-state index in [1.54, 1.807) is 24.6 Å². The number of nitrogens with one attached hydrogen (secondary N) is 2. The van der Waals surface area contributed by atoms with Crippen LogP contribution >= 0.6 is 35.3 Å². The van der Waals surface area contributed by atoms with Gasteiger partial charge in [-0.05, 0) is 19.8 Å². The van der Waals surface area contributed by atoms with Gasteiger partial charge < -0.3 is 10.6 Å². The molecule has 1 aromatic rings. The molecule has 0 aromatic carbocycles. The first-order valence-electron chi connectivity index (χ1n) is 7.58. The van der Waals surface area contributed by atoms with Crippen LogP contribution in [0.15, 0.2) is 11.2 Å². The molecule has 0 amide bonds. The summed E-state index contributed by atoms with van der Waals surface area (Å²) in [7, 11) is -3.66. The smallest absolute Gasteiger partial charge is 0.354 e. The molecule has 2 heterocycles. The molecule has 0 aliphatic carbocycles. The van der Waals surface area contributed by atoms with Gasteiger partial charge in [-0.15, -0.1) is 35.3 Å². The van der Waals surface area contributed by atoms with Gasteiger partial charge in [0.05, 0.1) is 6.54 Å². The van der Waals surface area contributed by atoms with E-state index in [1.807, 2.05) is 6.92 Å². The topological polar surface area (TPSA) is 86.7 Å². The van der Waals surface area contributed by atoms with Gasteiger partial charge in [-0.1, -0.05) is 0 Å². The van der Waals surface area contributed by atoms with Gasteiger partial charge in [-0.2, -0.15) is 17.5 Å². The van der Waals surface area contributed by atoms with Crippen LogP contribution in [0.3, 0.4) is 0 Å². The van der Waals surface area contributed by atoms with Crippen LogP contribution in [-0.4, -0.2) is 55.4 Å². The molecule has 0 unspecified atom stereocenters. The molecular formula is C13H21F3IN5O2S2. The van der Waals surface area contributed by atoms with Crippen LogP contribution in [0.4, 0.5) is 13.2 Å². The summed E-state index contributed by atoms with van der Waals surface area (Å²) < 4.78 is 61.0.